The summed E-state index contributed by atoms with van der Waals surface area (Å²) in [7, 11) is 1.78. The van der Waals surface area contributed by atoms with Crippen LogP contribution in [0, 0.1) is 0 Å². The molecule has 38 heavy (non-hydrogen) atoms. The molecule has 0 aliphatic carbocycles. The van der Waals surface area contributed by atoms with Gasteiger partial charge in [-0.1, -0.05) is 24.3 Å². The minimum atomic E-state index is 0.463. The van der Waals surface area contributed by atoms with Crippen LogP contribution >= 0.6 is 0 Å². The van der Waals surface area contributed by atoms with Gasteiger partial charge in [0.05, 0.1) is 24.5 Å². The summed E-state index contributed by atoms with van der Waals surface area (Å²) < 4.78 is 11.6. The number of anilines is 4. The molecule has 1 aliphatic rings. The van der Waals surface area contributed by atoms with Crippen LogP contribution in [-0.2, 0) is 4.74 Å². The van der Waals surface area contributed by atoms with Gasteiger partial charge in [0.1, 0.15) is 5.75 Å². The van der Waals surface area contributed by atoms with E-state index in [0.717, 1.165) is 46.6 Å². The van der Waals surface area contributed by atoms with Crippen LogP contribution in [0.3, 0.4) is 0 Å². The molecule has 1 aliphatic heterocycles. The molecular formula is C28H26N8O2. The Morgan fingerprint density at radius 1 is 0.842 bits per heavy atom. The monoisotopic (exact) mass is 506 g/mol. The Bertz CT molecular complexity index is 1550. The van der Waals surface area contributed by atoms with Crippen molar-refractivity contribution >= 4 is 34.0 Å². The van der Waals surface area contributed by atoms with Crippen LogP contribution in [-0.4, -0.2) is 58.5 Å². The van der Waals surface area contributed by atoms with E-state index in [2.05, 4.69) is 52.8 Å². The van der Waals surface area contributed by atoms with Crippen molar-refractivity contribution in [2.24, 2.45) is 0 Å². The lowest BCUT2D eigenvalue weighted by molar-refractivity contribution is 0.122. The third-order valence-electron chi connectivity index (χ3n) is 6.24. The fourth-order valence-corrected chi connectivity index (χ4v) is 4.34. The number of hydrogen-bond donors (Lipinski definition) is 2. The zero-order valence-corrected chi connectivity index (χ0v) is 20.8. The molecule has 2 aromatic carbocycles. The van der Waals surface area contributed by atoms with E-state index in [-0.39, 0.29) is 0 Å². The van der Waals surface area contributed by atoms with Crippen molar-refractivity contribution in [2.75, 3.05) is 48.9 Å². The van der Waals surface area contributed by atoms with Gasteiger partial charge in [-0.2, -0.15) is 0 Å². The van der Waals surface area contributed by atoms with E-state index in [0.29, 0.717) is 36.6 Å². The van der Waals surface area contributed by atoms with Gasteiger partial charge in [0.2, 0.25) is 11.8 Å². The van der Waals surface area contributed by atoms with Gasteiger partial charge in [0, 0.05) is 49.0 Å². The van der Waals surface area contributed by atoms with Crippen LogP contribution in [0.15, 0.2) is 79.1 Å². The highest BCUT2D eigenvalue weighted by atomic mass is 16.5. The maximum absolute atomic E-state index is 6.13. The first-order valence-corrected chi connectivity index (χ1v) is 12.4. The molecule has 2 N–H and O–H groups in total. The average molecular weight is 507 g/mol. The largest absolute Gasteiger partial charge is 0.438 e. The molecule has 0 radical (unpaired) electrons. The molecule has 0 atom stereocenters. The third-order valence-corrected chi connectivity index (χ3v) is 6.24. The number of pyridine rings is 1. The predicted octanol–water partition coefficient (Wildman–Crippen LogP) is 4.90. The molecule has 0 bridgehead atoms. The number of morpholine rings is 1. The van der Waals surface area contributed by atoms with Crippen molar-refractivity contribution in [2.45, 2.75) is 0 Å². The van der Waals surface area contributed by atoms with Gasteiger partial charge in [0.25, 0.3) is 0 Å². The first kappa shape index (κ1) is 23.6. The predicted molar refractivity (Wildman–Crippen MR) is 147 cm³/mol. The molecule has 0 amide bonds. The number of fused-ring (bicyclic) bond motifs is 1. The lowest BCUT2D eigenvalue weighted by Crippen LogP contribution is -2.37. The average Bonchev–Trinajstić information content (AvgIpc) is 2.99. The molecular weight excluding hydrogens is 480 g/mol. The van der Waals surface area contributed by atoms with Crippen molar-refractivity contribution in [3.63, 3.8) is 0 Å². The highest BCUT2D eigenvalue weighted by Crippen LogP contribution is 2.33. The maximum atomic E-state index is 6.13. The van der Waals surface area contributed by atoms with E-state index >= 15 is 0 Å². The summed E-state index contributed by atoms with van der Waals surface area (Å²) in [6.07, 6.45) is 3.39. The molecule has 3 aromatic heterocycles. The number of aromatic nitrogens is 5. The van der Waals surface area contributed by atoms with Gasteiger partial charge in [-0.3, -0.25) is 0 Å². The third kappa shape index (κ3) is 4.89. The Morgan fingerprint density at radius 3 is 2.47 bits per heavy atom. The number of benzene rings is 2. The first-order chi connectivity index (χ1) is 18.8. The Morgan fingerprint density at radius 2 is 1.66 bits per heavy atom. The summed E-state index contributed by atoms with van der Waals surface area (Å²) in [5.41, 5.74) is 2.36. The summed E-state index contributed by atoms with van der Waals surface area (Å²) in [6.45, 7) is 3.00. The first-order valence-electron chi connectivity index (χ1n) is 12.4. The summed E-state index contributed by atoms with van der Waals surface area (Å²) in [6, 6.07) is 21.4. The van der Waals surface area contributed by atoms with Crippen LogP contribution in [0.2, 0.25) is 0 Å². The number of rotatable bonds is 7. The minimum Gasteiger partial charge on any atom is -0.438 e. The van der Waals surface area contributed by atoms with E-state index in [1.54, 1.807) is 19.4 Å². The molecule has 4 heterocycles. The maximum Gasteiger partial charge on any atom is 0.228 e. The fraction of sp³-hybridized carbons (Fsp3) is 0.179. The van der Waals surface area contributed by atoms with Crippen LogP contribution in [0.5, 0.6) is 11.6 Å². The van der Waals surface area contributed by atoms with E-state index in [9.17, 15) is 0 Å². The molecule has 0 saturated carbocycles. The van der Waals surface area contributed by atoms with Gasteiger partial charge < -0.3 is 25.0 Å². The summed E-state index contributed by atoms with van der Waals surface area (Å²) in [5.74, 6) is 3.22. The summed E-state index contributed by atoms with van der Waals surface area (Å²) >= 11 is 0. The normalized spacial score (nSPS) is 13.3. The Kier molecular flexibility index (Phi) is 6.60. The van der Waals surface area contributed by atoms with E-state index < -0.39 is 0 Å². The zero-order valence-electron chi connectivity index (χ0n) is 20.8. The van der Waals surface area contributed by atoms with Crippen molar-refractivity contribution < 1.29 is 9.47 Å². The molecule has 1 fully saturated rings. The Hall–Kier alpha value is -4.83. The second-order valence-corrected chi connectivity index (χ2v) is 8.64. The molecule has 6 rings (SSSR count). The SMILES string of the molecule is CNc1nccc(-c2cccnc2Oc2ccc(Nc3nnc(N4CCOCC4)c4ccccc34)cc2)n1. The number of hydrogen-bond acceptors (Lipinski definition) is 10. The minimum absolute atomic E-state index is 0.463. The molecule has 5 aromatic rings. The molecule has 10 nitrogen and oxygen atoms in total. The lowest BCUT2D eigenvalue weighted by atomic mass is 10.1. The Balaban J connectivity index is 1.22. The van der Waals surface area contributed by atoms with Gasteiger partial charge >= 0.3 is 0 Å². The van der Waals surface area contributed by atoms with Gasteiger partial charge in [-0.15, -0.1) is 10.2 Å². The lowest BCUT2D eigenvalue weighted by Gasteiger charge is -2.28. The van der Waals surface area contributed by atoms with Crippen LogP contribution < -0.4 is 20.3 Å². The van der Waals surface area contributed by atoms with Crippen LogP contribution in [0.25, 0.3) is 22.0 Å². The second kappa shape index (κ2) is 10.7. The molecule has 1 saturated heterocycles. The number of nitrogens with one attached hydrogen (secondary N) is 2. The van der Waals surface area contributed by atoms with Gasteiger partial charge in [-0.25, -0.2) is 15.0 Å². The topological polar surface area (TPSA) is 110 Å². The molecule has 190 valence electrons. The van der Waals surface area contributed by atoms with Gasteiger partial charge in [0.15, 0.2) is 11.6 Å². The zero-order chi connectivity index (χ0) is 25.7. The van der Waals surface area contributed by atoms with Crippen molar-refractivity contribution in [3.8, 4) is 22.9 Å². The summed E-state index contributed by atoms with van der Waals surface area (Å²) in [4.78, 5) is 15.3. The molecule has 10 heteroatoms. The highest BCUT2D eigenvalue weighted by molar-refractivity contribution is 5.99. The fourth-order valence-electron chi connectivity index (χ4n) is 4.34. The smallest absolute Gasteiger partial charge is 0.228 e. The number of nitrogens with zero attached hydrogens (tertiary/aromatic N) is 6. The van der Waals surface area contributed by atoms with Gasteiger partial charge in [-0.05, 0) is 42.5 Å². The van der Waals surface area contributed by atoms with Crippen molar-refractivity contribution in [1.29, 1.82) is 0 Å². The highest BCUT2D eigenvalue weighted by Gasteiger charge is 2.18. The van der Waals surface area contributed by atoms with E-state index in [1.165, 1.54) is 0 Å². The van der Waals surface area contributed by atoms with Crippen LogP contribution in [0.1, 0.15) is 0 Å². The van der Waals surface area contributed by atoms with Crippen LogP contribution in [0.4, 0.5) is 23.3 Å². The van der Waals surface area contributed by atoms with E-state index in [1.807, 2.05) is 54.6 Å². The van der Waals surface area contributed by atoms with Crippen molar-refractivity contribution in [3.05, 3.63) is 79.1 Å². The molecule has 0 unspecified atom stereocenters. The number of ether oxygens (including phenoxy) is 2. The molecule has 0 spiro atoms. The second-order valence-electron chi connectivity index (χ2n) is 8.64. The quantitative estimate of drug-likeness (QED) is 0.316. The van der Waals surface area contributed by atoms with E-state index in [4.69, 9.17) is 9.47 Å². The van der Waals surface area contributed by atoms with Crippen molar-refractivity contribution in [1.82, 2.24) is 25.1 Å². The summed E-state index contributed by atoms with van der Waals surface area (Å²) in [5, 5.41) is 17.5. The standard InChI is InChI=1S/C28H26N8O2/c1-29-28-31-14-12-24(33-28)23-7-4-13-30-27(23)38-20-10-8-19(9-11-20)32-25-21-5-2-3-6-22(21)26(35-34-25)36-15-17-37-18-16-36/h2-14H,15-18H2,1H3,(H,32,34)(H,29,31,33). The Labute approximate surface area is 219 Å².